The van der Waals surface area contributed by atoms with Gasteiger partial charge in [-0.25, -0.2) is 9.38 Å². The molecule has 0 spiro atoms. The van der Waals surface area contributed by atoms with Gasteiger partial charge in [0, 0.05) is 36.2 Å². The maximum absolute atomic E-state index is 11.8. The van der Waals surface area contributed by atoms with Gasteiger partial charge in [-0.2, -0.15) is 0 Å². The van der Waals surface area contributed by atoms with Crippen LogP contribution in [-0.4, -0.2) is 29.8 Å². The van der Waals surface area contributed by atoms with E-state index in [4.69, 9.17) is 0 Å². The molecule has 20 heavy (non-hydrogen) atoms. The van der Waals surface area contributed by atoms with Crippen molar-refractivity contribution in [3.8, 4) is 0 Å². The fourth-order valence-electron chi connectivity index (χ4n) is 0.299. The van der Waals surface area contributed by atoms with E-state index in [1.807, 2.05) is 0 Å². The molecule has 0 aromatic carbocycles. The van der Waals surface area contributed by atoms with Crippen molar-refractivity contribution in [2.75, 3.05) is 0 Å². The normalized spacial score (nSPS) is 10.9. The Morgan fingerprint density at radius 3 is 1.45 bits per heavy atom. The number of aliphatic imine (C=N–C) groups is 1. The van der Waals surface area contributed by atoms with E-state index in [1.54, 1.807) is 0 Å². The predicted octanol–water partition coefficient (Wildman–Crippen LogP) is 5.72. The topological polar surface area (TPSA) is 12.4 Å². The molecular weight excluding hydrogens is 356 g/mol. The first-order valence-electron chi connectivity index (χ1n) is 6.99. The SMILES string of the molecule is F[C]1C=C=NC=C1.[CH2]CCC.[CH2]CCC.[CH2]CCC.[Sn]. The molecule has 0 aromatic rings. The van der Waals surface area contributed by atoms with Crippen molar-refractivity contribution in [3.05, 3.63) is 45.3 Å². The van der Waals surface area contributed by atoms with Crippen LogP contribution in [-0.2, 0) is 0 Å². The fraction of sp³-hybridized carbons (Fsp3) is 0.529. The Morgan fingerprint density at radius 1 is 1.00 bits per heavy atom. The monoisotopic (exact) mass is 387 g/mol. The molecule has 0 amide bonds. The van der Waals surface area contributed by atoms with Gasteiger partial charge in [0.1, 0.15) is 0 Å². The standard InChI is InChI=1S/C5H3FN.3C4H9.Sn/c6-5-1-3-7-4-2-5;3*1-3-4-2;/h1-3H;3*1,3-4H2,2H3;. The molecule has 1 aliphatic rings. The average molecular weight is 386 g/mol. The van der Waals surface area contributed by atoms with Crippen molar-refractivity contribution in [2.45, 2.75) is 59.3 Å². The van der Waals surface area contributed by atoms with Crippen LogP contribution in [0.25, 0.3) is 0 Å². The summed E-state index contributed by atoms with van der Waals surface area (Å²) >= 11 is 0. The molecule has 1 rings (SSSR count). The second-order valence-corrected chi connectivity index (χ2v) is 3.66. The summed E-state index contributed by atoms with van der Waals surface area (Å²) in [4.78, 5) is 3.48. The summed E-state index contributed by atoms with van der Waals surface area (Å²) in [5, 5.41) is 0. The van der Waals surface area contributed by atoms with Crippen LogP contribution in [0, 0.1) is 26.9 Å². The Morgan fingerprint density at radius 2 is 1.35 bits per heavy atom. The molecule has 0 saturated carbocycles. The maximum atomic E-state index is 11.8. The molecule has 0 aromatic heterocycles. The first-order valence-corrected chi connectivity index (χ1v) is 6.99. The van der Waals surface area contributed by atoms with Crippen LogP contribution in [0.3, 0.4) is 0 Å². The van der Waals surface area contributed by atoms with Gasteiger partial charge >= 0.3 is 0 Å². The molecule has 0 atom stereocenters. The minimum Gasteiger partial charge on any atom is -0.230 e. The van der Waals surface area contributed by atoms with Gasteiger partial charge in [0.2, 0.25) is 0 Å². The van der Waals surface area contributed by atoms with E-state index in [-0.39, 0.29) is 30.1 Å². The molecular formula is C17H30FNSn. The van der Waals surface area contributed by atoms with Crippen LogP contribution in [0.1, 0.15) is 59.3 Å². The van der Waals surface area contributed by atoms with E-state index in [0.717, 1.165) is 19.3 Å². The molecule has 0 aliphatic carbocycles. The number of nitrogens with zero attached hydrogens (tertiary/aromatic N) is 1. The average Bonchev–Trinajstić information content (AvgIpc) is 2.48. The van der Waals surface area contributed by atoms with Crippen molar-refractivity contribution in [3.63, 3.8) is 0 Å². The first-order chi connectivity index (χ1) is 9.14. The van der Waals surface area contributed by atoms with Gasteiger partial charge in [-0.05, 0) is 11.9 Å². The summed E-state index contributed by atoms with van der Waals surface area (Å²) in [6, 6.07) is 0. The van der Waals surface area contributed by atoms with E-state index >= 15 is 0 Å². The largest absolute Gasteiger partial charge is 0.230 e. The van der Waals surface area contributed by atoms with Gasteiger partial charge in [-0.3, -0.25) is 0 Å². The fourth-order valence-corrected chi connectivity index (χ4v) is 0.299. The molecule has 114 valence electrons. The van der Waals surface area contributed by atoms with Crippen LogP contribution in [0.2, 0.25) is 0 Å². The quantitative estimate of drug-likeness (QED) is 0.550. The Balaban J connectivity index is -0.0000000881. The Labute approximate surface area is 143 Å². The van der Waals surface area contributed by atoms with Crippen molar-refractivity contribution < 1.29 is 4.39 Å². The minimum atomic E-state index is -0.296. The molecule has 0 unspecified atom stereocenters. The van der Waals surface area contributed by atoms with Gasteiger partial charge in [0.25, 0.3) is 0 Å². The second-order valence-electron chi connectivity index (χ2n) is 3.66. The Bertz CT molecular complexity index is 206. The molecule has 1 aliphatic heterocycles. The summed E-state index contributed by atoms with van der Waals surface area (Å²) in [7, 11) is 0. The van der Waals surface area contributed by atoms with Crippen LogP contribution in [0.4, 0.5) is 4.39 Å². The van der Waals surface area contributed by atoms with Crippen LogP contribution >= 0.6 is 0 Å². The van der Waals surface area contributed by atoms with Gasteiger partial charge in [-0.15, -0.1) is 0 Å². The van der Waals surface area contributed by atoms with Crippen molar-refractivity contribution in [2.24, 2.45) is 4.99 Å². The van der Waals surface area contributed by atoms with Crippen molar-refractivity contribution in [1.29, 1.82) is 0 Å². The number of rotatable bonds is 3. The Hall–Kier alpha value is -0.0813. The maximum Gasteiger partial charge on any atom is 0.199 e. The van der Waals surface area contributed by atoms with Gasteiger partial charge in [0.05, 0.1) is 0 Å². The van der Waals surface area contributed by atoms with Crippen LogP contribution in [0.15, 0.2) is 23.3 Å². The van der Waals surface area contributed by atoms with Crippen molar-refractivity contribution in [1.82, 2.24) is 0 Å². The third kappa shape index (κ3) is 43.0. The zero-order valence-electron chi connectivity index (χ0n) is 13.4. The molecule has 3 heteroatoms. The van der Waals surface area contributed by atoms with E-state index < -0.39 is 0 Å². The number of allylic oxidation sites excluding steroid dienone is 2. The van der Waals surface area contributed by atoms with Gasteiger partial charge in [-0.1, -0.05) is 80.1 Å². The summed E-state index contributed by atoms with van der Waals surface area (Å²) in [6.07, 6.45) is 10.3. The second kappa shape index (κ2) is 31.4. The van der Waals surface area contributed by atoms with Crippen molar-refractivity contribution >= 4 is 29.8 Å². The number of unbranched alkanes of at least 4 members (excludes halogenated alkanes) is 3. The summed E-state index contributed by atoms with van der Waals surface area (Å²) in [5.74, 6) is 2.34. The molecule has 1 nitrogen and oxygen atoms in total. The molecule has 0 bridgehead atoms. The van der Waals surface area contributed by atoms with Crippen LogP contribution in [0.5, 0.6) is 0 Å². The molecule has 0 saturated heterocycles. The van der Waals surface area contributed by atoms with E-state index in [2.05, 4.69) is 52.4 Å². The summed E-state index contributed by atoms with van der Waals surface area (Å²) < 4.78 is 11.8. The van der Waals surface area contributed by atoms with E-state index in [1.165, 1.54) is 37.6 Å². The third-order valence-electron chi connectivity index (χ3n) is 1.65. The number of hydrogen-bond acceptors (Lipinski definition) is 1. The molecule has 1 heterocycles. The minimum absolute atomic E-state index is 0. The smallest absolute Gasteiger partial charge is 0.199 e. The first kappa shape index (κ1) is 28.1. The summed E-state index contributed by atoms with van der Waals surface area (Å²) in [5.41, 5.74) is 0. The van der Waals surface area contributed by atoms with E-state index in [9.17, 15) is 4.39 Å². The van der Waals surface area contributed by atoms with E-state index in [0.29, 0.717) is 0 Å². The Kier molecular flexibility index (Phi) is 44.1. The third-order valence-corrected chi connectivity index (χ3v) is 1.65. The zero-order chi connectivity index (χ0) is 15.4. The molecule has 0 fully saturated rings. The van der Waals surface area contributed by atoms with Crippen LogP contribution < -0.4 is 0 Å². The van der Waals surface area contributed by atoms with Gasteiger partial charge in [0.15, 0.2) is 6.17 Å². The number of halogens is 1. The predicted molar refractivity (Wildman–Crippen MR) is 92.0 cm³/mol. The summed E-state index contributed by atoms with van der Waals surface area (Å²) in [6.45, 7) is 17.2. The van der Waals surface area contributed by atoms with Gasteiger partial charge < -0.3 is 0 Å². The zero-order valence-corrected chi connectivity index (χ0v) is 16.3. The molecule has 8 radical (unpaired) electrons. The molecule has 0 N–H and O–H groups in total. The number of hydrogen-bond donors (Lipinski definition) is 0.